The van der Waals surface area contributed by atoms with Gasteiger partial charge in [0.05, 0.1) is 0 Å². The summed E-state index contributed by atoms with van der Waals surface area (Å²) in [7, 11) is 2.34. The van der Waals surface area contributed by atoms with Gasteiger partial charge in [0.15, 0.2) is 0 Å². The van der Waals surface area contributed by atoms with Gasteiger partial charge in [0, 0.05) is 31.1 Å². The summed E-state index contributed by atoms with van der Waals surface area (Å²) >= 11 is 0. The van der Waals surface area contributed by atoms with E-state index in [0.29, 0.717) is 18.0 Å². The van der Waals surface area contributed by atoms with E-state index >= 15 is 0 Å². The van der Waals surface area contributed by atoms with Crippen LogP contribution in [-0.4, -0.2) is 60.5 Å². The number of carbonyl (C=O) groups excluding carboxylic acids is 1. The van der Waals surface area contributed by atoms with Gasteiger partial charge in [0.2, 0.25) is 5.91 Å². The summed E-state index contributed by atoms with van der Waals surface area (Å²) in [6, 6.07) is 2.01. The van der Waals surface area contributed by atoms with Crippen LogP contribution >= 0.6 is 0 Å². The van der Waals surface area contributed by atoms with Crippen LogP contribution in [0.3, 0.4) is 0 Å². The van der Waals surface area contributed by atoms with E-state index in [-0.39, 0.29) is 0 Å². The van der Waals surface area contributed by atoms with Gasteiger partial charge in [-0.2, -0.15) is 0 Å². The highest BCUT2D eigenvalue weighted by atomic mass is 16.1. The predicted molar refractivity (Wildman–Crippen MR) is 101 cm³/mol. The maximum Gasteiger partial charge on any atom is 0.220 e. The molecule has 4 heteroatoms. The average molecular weight is 348 g/mol. The third kappa shape index (κ3) is 3.90. The quantitative estimate of drug-likeness (QED) is 0.830. The highest BCUT2D eigenvalue weighted by Gasteiger charge is 2.47. The van der Waals surface area contributed by atoms with Crippen LogP contribution in [0.2, 0.25) is 0 Å². The highest BCUT2D eigenvalue weighted by Crippen LogP contribution is 2.42. The lowest BCUT2D eigenvalue weighted by atomic mass is 9.69. The Balaban J connectivity index is 1.29. The predicted octanol–water partition coefficient (Wildman–Crippen LogP) is 3.02. The van der Waals surface area contributed by atoms with Crippen LogP contribution in [0, 0.1) is 11.8 Å². The first-order valence-corrected chi connectivity index (χ1v) is 11.0. The molecule has 1 amide bonds. The molecule has 1 aliphatic carbocycles. The Morgan fingerprint density at radius 2 is 1.80 bits per heavy atom. The van der Waals surface area contributed by atoms with Crippen molar-refractivity contribution in [1.82, 2.24) is 15.1 Å². The molecule has 1 N–H and O–H groups in total. The second kappa shape index (κ2) is 7.96. The molecule has 0 spiro atoms. The first-order valence-electron chi connectivity index (χ1n) is 11.0. The Morgan fingerprint density at radius 3 is 2.60 bits per heavy atom. The van der Waals surface area contributed by atoms with Crippen LogP contribution in [0.1, 0.15) is 70.6 Å². The zero-order chi connectivity index (χ0) is 17.2. The molecule has 3 aliphatic heterocycles. The molecule has 3 saturated heterocycles. The first kappa shape index (κ1) is 17.8. The van der Waals surface area contributed by atoms with E-state index in [0.717, 1.165) is 30.7 Å². The van der Waals surface area contributed by atoms with Gasteiger partial charge in [-0.15, -0.1) is 0 Å². The number of hydrogen-bond donors (Lipinski definition) is 1. The zero-order valence-electron chi connectivity index (χ0n) is 16.1. The Morgan fingerprint density at radius 1 is 1.04 bits per heavy atom. The van der Waals surface area contributed by atoms with Crippen molar-refractivity contribution in [2.45, 2.75) is 88.8 Å². The molecule has 142 valence electrons. The van der Waals surface area contributed by atoms with E-state index in [2.05, 4.69) is 22.2 Å². The normalized spacial score (nSPS) is 37.0. The van der Waals surface area contributed by atoms with Crippen molar-refractivity contribution in [3.63, 3.8) is 0 Å². The summed E-state index contributed by atoms with van der Waals surface area (Å²) in [5, 5.41) is 3.26. The summed E-state index contributed by atoms with van der Waals surface area (Å²) in [5.41, 5.74) is 0. The van der Waals surface area contributed by atoms with Gasteiger partial charge in [-0.05, 0) is 83.3 Å². The van der Waals surface area contributed by atoms with Crippen molar-refractivity contribution < 1.29 is 4.79 Å². The smallest absolute Gasteiger partial charge is 0.220 e. The van der Waals surface area contributed by atoms with Gasteiger partial charge in [-0.1, -0.05) is 12.8 Å². The number of rotatable bonds is 5. The Labute approximate surface area is 153 Å². The highest BCUT2D eigenvalue weighted by molar-refractivity contribution is 5.76. The molecule has 0 aromatic carbocycles. The molecule has 0 aromatic rings. The summed E-state index contributed by atoms with van der Waals surface area (Å²) < 4.78 is 0. The number of nitrogens with zero attached hydrogens (tertiary/aromatic N) is 2. The maximum absolute atomic E-state index is 12.2. The van der Waals surface area contributed by atoms with Crippen molar-refractivity contribution in [2.75, 3.05) is 26.7 Å². The standard InChI is InChI=1S/C21H37N3O/c1-23-15-16-7-5-13-24-14-6-10-18(21(16)24)19(23)11-4-12-20(25)22-17-8-2-3-9-17/h16-19,21H,2-15H2,1H3,(H,22,25)/t16-,18+,19+,21-/m0/s1. The van der Waals surface area contributed by atoms with Crippen LogP contribution in [-0.2, 0) is 4.79 Å². The van der Waals surface area contributed by atoms with Gasteiger partial charge in [0.25, 0.3) is 0 Å². The second-order valence-corrected chi connectivity index (χ2v) is 9.18. The fraction of sp³-hybridized carbons (Fsp3) is 0.952. The lowest BCUT2D eigenvalue weighted by Gasteiger charge is -2.57. The molecule has 4 fully saturated rings. The molecular weight excluding hydrogens is 310 g/mol. The number of piperidine rings is 3. The monoisotopic (exact) mass is 347 g/mol. The zero-order valence-corrected chi connectivity index (χ0v) is 16.1. The van der Waals surface area contributed by atoms with Gasteiger partial charge in [-0.3, -0.25) is 9.69 Å². The number of amides is 1. The molecule has 0 aromatic heterocycles. The molecule has 1 saturated carbocycles. The van der Waals surface area contributed by atoms with Gasteiger partial charge in [-0.25, -0.2) is 0 Å². The van der Waals surface area contributed by atoms with Crippen LogP contribution in [0.15, 0.2) is 0 Å². The van der Waals surface area contributed by atoms with E-state index < -0.39 is 0 Å². The van der Waals surface area contributed by atoms with Crippen LogP contribution in [0.4, 0.5) is 0 Å². The fourth-order valence-electron chi connectivity index (χ4n) is 6.48. The molecule has 3 heterocycles. The second-order valence-electron chi connectivity index (χ2n) is 9.18. The molecule has 0 unspecified atom stereocenters. The molecule has 0 radical (unpaired) electrons. The summed E-state index contributed by atoms with van der Waals surface area (Å²) in [5.74, 6) is 2.04. The van der Waals surface area contributed by atoms with Gasteiger partial charge < -0.3 is 10.2 Å². The molecule has 4 rings (SSSR count). The summed E-state index contributed by atoms with van der Waals surface area (Å²) in [6.07, 6.45) is 13.6. The van der Waals surface area contributed by atoms with Crippen LogP contribution in [0.5, 0.6) is 0 Å². The average Bonchev–Trinajstić information content (AvgIpc) is 3.11. The Kier molecular flexibility index (Phi) is 5.66. The van der Waals surface area contributed by atoms with E-state index in [1.807, 2.05) is 0 Å². The third-order valence-corrected chi connectivity index (χ3v) is 7.55. The summed E-state index contributed by atoms with van der Waals surface area (Å²) in [4.78, 5) is 17.7. The Hall–Kier alpha value is -0.610. The van der Waals surface area contributed by atoms with E-state index in [1.54, 1.807) is 0 Å². The SMILES string of the molecule is CN1C[C@@H]2CCCN3CCC[C@@H]([C@H]23)[C@H]1CCCC(=O)NC1CCCC1. The first-order chi connectivity index (χ1) is 12.2. The minimum Gasteiger partial charge on any atom is -0.353 e. The summed E-state index contributed by atoms with van der Waals surface area (Å²) in [6.45, 7) is 3.94. The van der Waals surface area contributed by atoms with Gasteiger partial charge >= 0.3 is 0 Å². The third-order valence-electron chi connectivity index (χ3n) is 7.55. The van der Waals surface area contributed by atoms with Crippen molar-refractivity contribution in [2.24, 2.45) is 11.8 Å². The largest absolute Gasteiger partial charge is 0.353 e. The molecule has 0 bridgehead atoms. The molecular formula is C21H37N3O. The number of carbonyl (C=O) groups is 1. The number of hydrogen-bond acceptors (Lipinski definition) is 3. The molecule has 4 aliphatic rings. The van der Waals surface area contributed by atoms with Crippen molar-refractivity contribution in [1.29, 1.82) is 0 Å². The Bertz CT molecular complexity index is 460. The van der Waals surface area contributed by atoms with Crippen molar-refractivity contribution >= 4 is 5.91 Å². The molecule has 4 nitrogen and oxygen atoms in total. The van der Waals surface area contributed by atoms with E-state index in [1.165, 1.54) is 77.4 Å². The molecule has 25 heavy (non-hydrogen) atoms. The topological polar surface area (TPSA) is 35.6 Å². The fourth-order valence-corrected chi connectivity index (χ4v) is 6.48. The van der Waals surface area contributed by atoms with E-state index in [4.69, 9.17) is 0 Å². The minimum atomic E-state index is 0.297. The lowest BCUT2D eigenvalue weighted by Crippen LogP contribution is -2.63. The van der Waals surface area contributed by atoms with Crippen molar-refractivity contribution in [3.05, 3.63) is 0 Å². The minimum absolute atomic E-state index is 0.297. The van der Waals surface area contributed by atoms with Crippen LogP contribution in [0.25, 0.3) is 0 Å². The van der Waals surface area contributed by atoms with Crippen LogP contribution < -0.4 is 5.32 Å². The van der Waals surface area contributed by atoms with E-state index in [9.17, 15) is 4.79 Å². The van der Waals surface area contributed by atoms with Crippen molar-refractivity contribution in [3.8, 4) is 0 Å². The maximum atomic E-state index is 12.2. The lowest BCUT2D eigenvalue weighted by molar-refractivity contribution is -0.122. The number of nitrogens with one attached hydrogen (secondary N) is 1. The number of likely N-dealkylation sites (tertiary alicyclic amines) is 1. The molecule has 4 atom stereocenters. The van der Waals surface area contributed by atoms with Gasteiger partial charge in [0.1, 0.15) is 0 Å².